The predicted octanol–water partition coefficient (Wildman–Crippen LogP) is -0.906. The standard InChI is InChI=1S/C10H17NO5S/c1-15-8-6-16-5-7(8)11-9(12)10(3-4-10)17(2,13)14/h7-8H,3-6H2,1-2H3,(H,11,12)/t7-,8+/m0/s1. The van der Waals surface area contributed by atoms with Gasteiger partial charge in [0.15, 0.2) is 14.6 Å². The molecular formula is C10H17NO5S. The van der Waals surface area contributed by atoms with Crippen molar-refractivity contribution in [2.75, 3.05) is 26.6 Å². The summed E-state index contributed by atoms with van der Waals surface area (Å²) in [4.78, 5) is 12.0. The normalized spacial score (nSPS) is 31.2. The van der Waals surface area contributed by atoms with Crippen LogP contribution in [0, 0.1) is 0 Å². The summed E-state index contributed by atoms with van der Waals surface area (Å²) in [5, 5.41) is 2.72. The molecule has 0 spiro atoms. The van der Waals surface area contributed by atoms with Crippen molar-refractivity contribution in [3.05, 3.63) is 0 Å². The minimum atomic E-state index is -3.35. The Kier molecular flexibility index (Phi) is 3.17. The lowest BCUT2D eigenvalue weighted by Gasteiger charge is -2.20. The molecule has 6 nitrogen and oxygen atoms in total. The lowest BCUT2D eigenvalue weighted by molar-refractivity contribution is -0.122. The van der Waals surface area contributed by atoms with Gasteiger partial charge in [0, 0.05) is 13.4 Å². The van der Waals surface area contributed by atoms with Crippen LogP contribution in [0.25, 0.3) is 0 Å². The Morgan fingerprint density at radius 2 is 2.06 bits per heavy atom. The third kappa shape index (κ3) is 2.19. The van der Waals surface area contributed by atoms with Gasteiger partial charge >= 0.3 is 0 Å². The second-order valence-corrected chi connectivity index (χ2v) is 6.98. The van der Waals surface area contributed by atoms with Crippen LogP contribution in [0.1, 0.15) is 12.8 Å². The second-order valence-electron chi connectivity index (χ2n) is 4.66. The molecular weight excluding hydrogens is 246 g/mol. The van der Waals surface area contributed by atoms with Crippen molar-refractivity contribution < 1.29 is 22.7 Å². The number of ether oxygens (including phenoxy) is 2. The Labute approximate surface area is 101 Å². The Balaban J connectivity index is 2.03. The molecule has 1 heterocycles. The number of amides is 1. The topological polar surface area (TPSA) is 81.7 Å². The molecule has 0 aromatic rings. The average Bonchev–Trinajstić information content (AvgIpc) is 2.95. The molecule has 1 aliphatic carbocycles. The molecule has 2 rings (SSSR count). The molecule has 1 amide bonds. The monoisotopic (exact) mass is 263 g/mol. The third-order valence-electron chi connectivity index (χ3n) is 3.48. The van der Waals surface area contributed by atoms with Gasteiger partial charge in [-0.2, -0.15) is 0 Å². The van der Waals surface area contributed by atoms with Gasteiger partial charge in [-0.1, -0.05) is 0 Å². The highest BCUT2D eigenvalue weighted by atomic mass is 32.2. The number of carbonyl (C=O) groups excluding carboxylic acids is 1. The number of nitrogens with one attached hydrogen (secondary N) is 1. The van der Waals surface area contributed by atoms with Crippen LogP contribution in [0.5, 0.6) is 0 Å². The summed E-state index contributed by atoms with van der Waals surface area (Å²) in [7, 11) is -1.81. The molecule has 0 radical (unpaired) electrons. The molecule has 1 N–H and O–H groups in total. The lowest BCUT2D eigenvalue weighted by atomic mass is 10.2. The molecule has 7 heteroatoms. The van der Waals surface area contributed by atoms with Gasteiger partial charge in [-0.15, -0.1) is 0 Å². The summed E-state index contributed by atoms with van der Waals surface area (Å²) < 4.78 is 32.3. The fraction of sp³-hybridized carbons (Fsp3) is 0.900. The van der Waals surface area contributed by atoms with Gasteiger partial charge < -0.3 is 14.8 Å². The molecule has 0 aromatic carbocycles. The van der Waals surface area contributed by atoms with Crippen molar-refractivity contribution in [1.82, 2.24) is 5.32 Å². The zero-order valence-corrected chi connectivity index (χ0v) is 10.7. The molecule has 2 atom stereocenters. The Morgan fingerprint density at radius 1 is 1.41 bits per heavy atom. The fourth-order valence-corrected chi connectivity index (χ4v) is 3.32. The van der Waals surface area contributed by atoms with E-state index in [9.17, 15) is 13.2 Å². The molecule has 0 bridgehead atoms. The Hall–Kier alpha value is -0.660. The van der Waals surface area contributed by atoms with E-state index in [2.05, 4.69) is 5.32 Å². The summed E-state index contributed by atoms with van der Waals surface area (Å²) in [5.41, 5.74) is 0. The number of carbonyl (C=O) groups is 1. The molecule has 2 fully saturated rings. The van der Waals surface area contributed by atoms with E-state index in [1.807, 2.05) is 0 Å². The van der Waals surface area contributed by atoms with E-state index in [1.54, 1.807) is 7.11 Å². The smallest absolute Gasteiger partial charge is 0.241 e. The third-order valence-corrected chi connectivity index (χ3v) is 5.49. The van der Waals surface area contributed by atoms with Crippen molar-refractivity contribution in [2.45, 2.75) is 29.7 Å². The van der Waals surface area contributed by atoms with Crippen molar-refractivity contribution in [3.63, 3.8) is 0 Å². The van der Waals surface area contributed by atoms with Gasteiger partial charge in [-0.25, -0.2) is 8.42 Å². The van der Waals surface area contributed by atoms with Gasteiger partial charge in [0.1, 0.15) is 6.10 Å². The number of sulfone groups is 1. The maximum absolute atomic E-state index is 12.0. The summed E-state index contributed by atoms with van der Waals surface area (Å²) in [6.07, 6.45) is 1.72. The van der Waals surface area contributed by atoms with Crippen molar-refractivity contribution in [3.8, 4) is 0 Å². The molecule has 0 aromatic heterocycles. The van der Waals surface area contributed by atoms with Gasteiger partial charge in [-0.05, 0) is 12.8 Å². The average molecular weight is 263 g/mol. The molecule has 0 unspecified atom stereocenters. The predicted molar refractivity (Wildman–Crippen MR) is 60.4 cm³/mol. The highest BCUT2D eigenvalue weighted by Gasteiger charge is 2.59. The SMILES string of the molecule is CO[C@@H]1COC[C@@H]1NC(=O)C1(S(C)(=O)=O)CC1. The molecule has 98 valence electrons. The zero-order chi connectivity index (χ0) is 12.7. The number of methoxy groups -OCH3 is 1. The largest absolute Gasteiger partial charge is 0.377 e. The van der Waals surface area contributed by atoms with Gasteiger partial charge in [-0.3, -0.25) is 4.79 Å². The minimum Gasteiger partial charge on any atom is -0.377 e. The summed E-state index contributed by atoms with van der Waals surface area (Å²) >= 11 is 0. The maximum atomic E-state index is 12.0. The lowest BCUT2D eigenvalue weighted by Crippen LogP contribution is -2.50. The van der Waals surface area contributed by atoms with Crippen LogP contribution >= 0.6 is 0 Å². The van der Waals surface area contributed by atoms with E-state index in [0.29, 0.717) is 26.1 Å². The van der Waals surface area contributed by atoms with Crippen LogP contribution < -0.4 is 5.32 Å². The molecule has 17 heavy (non-hydrogen) atoms. The van der Waals surface area contributed by atoms with Crippen LogP contribution in [0.15, 0.2) is 0 Å². The minimum absolute atomic E-state index is 0.200. The Bertz CT molecular complexity index is 414. The maximum Gasteiger partial charge on any atom is 0.241 e. The number of hydrogen-bond acceptors (Lipinski definition) is 5. The first-order chi connectivity index (χ1) is 7.90. The highest BCUT2D eigenvalue weighted by molar-refractivity contribution is 7.93. The first kappa shape index (κ1) is 12.8. The Morgan fingerprint density at radius 3 is 2.53 bits per heavy atom. The van der Waals surface area contributed by atoms with E-state index >= 15 is 0 Å². The van der Waals surface area contributed by atoms with E-state index in [1.165, 1.54) is 0 Å². The van der Waals surface area contributed by atoms with Crippen LogP contribution in [-0.2, 0) is 24.1 Å². The van der Waals surface area contributed by atoms with Gasteiger partial charge in [0.2, 0.25) is 5.91 Å². The molecule has 1 saturated heterocycles. The van der Waals surface area contributed by atoms with Crippen LogP contribution in [-0.4, -0.2) is 57.8 Å². The van der Waals surface area contributed by atoms with Crippen molar-refractivity contribution in [1.29, 1.82) is 0 Å². The summed E-state index contributed by atoms with van der Waals surface area (Å²) in [5.74, 6) is -0.419. The van der Waals surface area contributed by atoms with Crippen molar-refractivity contribution >= 4 is 15.7 Å². The van der Waals surface area contributed by atoms with E-state index in [-0.39, 0.29) is 12.1 Å². The fourth-order valence-electron chi connectivity index (χ4n) is 2.08. The van der Waals surface area contributed by atoms with Crippen molar-refractivity contribution in [2.24, 2.45) is 0 Å². The van der Waals surface area contributed by atoms with Gasteiger partial charge in [0.25, 0.3) is 0 Å². The van der Waals surface area contributed by atoms with Gasteiger partial charge in [0.05, 0.1) is 19.3 Å². The first-order valence-electron chi connectivity index (χ1n) is 5.52. The second kappa shape index (κ2) is 4.22. The van der Waals surface area contributed by atoms with Crippen LogP contribution in [0.3, 0.4) is 0 Å². The highest BCUT2D eigenvalue weighted by Crippen LogP contribution is 2.43. The summed E-state index contributed by atoms with van der Waals surface area (Å²) in [6.45, 7) is 0.789. The van der Waals surface area contributed by atoms with E-state index in [0.717, 1.165) is 6.26 Å². The quantitative estimate of drug-likeness (QED) is 0.710. The summed E-state index contributed by atoms with van der Waals surface area (Å²) in [6, 6.07) is -0.258. The van der Waals surface area contributed by atoms with E-state index in [4.69, 9.17) is 9.47 Å². The first-order valence-corrected chi connectivity index (χ1v) is 7.41. The number of hydrogen-bond donors (Lipinski definition) is 1. The number of rotatable bonds is 4. The zero-order valence-electron chi connectivity index (χ0n) is 9.93. The molecule has 2 aliphatic rings. The molecule has 1 aliphatic heterocycles. The van der Waals surface area contributed by atoms with Crippen LogP contribution in [0.4, 0.5) is 0 Å². The van der Waals surface area contributed by atoms with E-state index < -0.39 is 20.5 Å². The van der Waals surface area contributed by atoms with Crippen LogP contribution in [0.2, 0.25) is 0 Å². The molecule has 1 saturated carbocycles.